The van der Waals surface area contributed by atoms with Crippen LogP contribution in [0.3, 0.4) is 0 Å². The molecule has 1 unspecified atom stereocenters. The normalized spacial score (nSPS) is 12.5. The Labute approximate surface area is 125 Å². The number of carbonyl (C=O) groups is 1. The topological polar surface area (TPSA) is 49.3 Å². The lowest BCUT2D eigenvalue weighted by Gasteiger charge is -2.16. The molecule has 0 aliphatic rings. The van der Waals surface area contributed by atoms with Gasteiger partial charge in [-0.15, -0.1) is 0 Å². The second kappa shape index (κ2) is 14.8. The minimum atomic E-state index is -0.686. The fraction of sp³-hybridized carbons (Fsp3) is 0.941. The molecule has 0 saturated heterocycles. The highest BCUT2D eigenvalue weighted by molar-refractivity contribution is 5.67. The van der Waals surface area contributed by atoms with E-state index in [1.54, 1.807) is 0 Å². The van der Waals surface area contributed by atoms with E-state index < -0.39 is 5.97 Å². The van der Waals surface area contributed by atoms with Crippen LogP contribution in [-0.2, 0) is 4.79 Å². The lowest BCUT2D eigenvalue weighted by atomic mass is 10.0. The summed E-state index contributed by atoms with van der Waals surface area (Å²) in [6.07, 6.45) is 14.2. The third kappa shape index (κ3) is 13.9. The number of hydrogen-bond acceptors (Lipinski definition) is 2. The van der Waals surface area contributed by atoms with Crippen molar-refractivity contribution in [3.63, 3.8) is 0 Å². The van der Waals surface area contributed by atoms with Crippen LogP contribution in [-0.4, -0.2) is 23.7 Å². The summed E-state index contributed by atoms with van der Waals surface area (Å²) in [4.78, 5) is 10.8. The molecule has 1 atom stereocenters. The number of unbranched alkanes of at least 4 members (excludes halogenated alkanes) is 8. The van der Waals surface area contributed by atoms with E-state index in [2.05, 4.69) is 19.2 Å². The third-order valence-corrected chi connectivity index (χ3v) is 3.76. The average molecular weight is 285 g/mol. The zero-order valence-corrected chi connectivity index (χ0v) is 13.6. The molecule has 0 rings (SSSR count). The molecule has 0 spiro atoms. The number of rotatable bonds is 15. The number of carboxylic acid groups (broad SMARTS) is 1. The van der Waals surface area contributed by atoms with Crippen molar-refractivity contribution in [1.82, 2.24) is 5.32 Å². The molecule has 0 fully saturated rings. The summed E-state index contributed by atoms with van der Waals surface area (Å²) < 4.78 is 0. The summed E-state index contributed by atoms with van der Waals surface area (Å²) in [5, 5.41) is 12.2. The van der Waals surface area contributed by atoms with Crippen LogP contribution in [0.5, 0.6) is 0 Å². The predicted molar refractivity (Wildman–Crippen MR) is 86.2 cm³/mol. The van der Waals surface area contributed by atoms with Crippen molar-refractivity contribution in [2.24, 2.45) is 0 Å². The van der Waals surface area contributed by atoms with Crippen LogP contribution >= 0.6 is 0 Å². The fourth-order valence-corrected chi connectivity index (χ4v) is 2.54. The first kappa shape index (κ1) is 19.4. The minimum absolute atomic E-state index is 0.164. The van der Waals surface area contributed by atoms with E-state index in [0.29, 0.717) is 0 Å². The Kier molecular flexibility index (Phi) is 14.4. The standard InChI is InChI=1S/C17H35NO2/c1-3-5-6-7-8-9-10-11-12-13-16(15-17(19)20)18-14-4-2/h16,18H,3-15H2,1-2H3,(H,19,20). The first-order valence-electron chi connectivity index (χ1n) is 8.65. The summed E-state index contributed by atoms with van der Waals surface area (Å²) in [6.45, 7) is 5.29. The third-order valence-electron chi connectivity index (χ3n) is 3.76. The largest absolute Gasteiger partial charge is 0.481 e. The van der Waals surface area contributed by atoms with Crippen molar-refractivity contribution < 1.29 is 9.90 Å². The minimum Gasteiger partial charge on any atom is -0.481 e. The van der Waals surface area contributed by atoms with Crippen LogP contribution in [0.25, 0.3) is 0 Å². The first-order valence-corrected chi connectivity index (χ1v) is 8.65. The van der Waals surface area contributed by atoms with Crippen molar-refractivity contribution in [3.05, 3.63) is 0 Å². The van der Waals surface area contributed by atoms with E-state index in [9.17, 15) is 4.79 Å². The molecule has 0 aromatic heterocycles. The Bertz CT molecular complexity index is 219. The zero-order chi connectivity index (χ0) is 15.1. The van der Waals surface area contributed by atoms with Gasteiger partial charge >= 0.3 is 5.97 Å². The summed E-state index contributed by atoms with van der Waals surface area (Å²) in [6, 6.07) is 0.164. The Morgan fingerprint density at radius 3 is 1.95 bits per heavy atom. The summed E-state index contributed by atoms with van der Waals surface area (Å²) in [5.41, 5.74) is 0. The molecule has 2 N–H and O–H groups in total. The predicted octanol–water partition coefficient (Wildman–Crippen LogP) is 4.75. The maximum atomic E-state index is 10.8. The van der Waals surface area contributed by atoms with Crippen LogP contribution in [0.2, 0.25) is 0 Å². The Morgan fingerprint density at radius 1 is 0.900 bits per heavy atom. The molecule has 0 amide bonds. The Hall–Kier alpha value is -0.570. The van der Waals surface area contributed by atoms with Gasteiger partial charge in [-0.25, -0.2) is 0 Å². The van der Waals surface area contributed by atoms with E-state index in [-0.39, 0.29) is 12.5 Å². The molecule has 0 aromatic carbocycles. The molecule has 0 saturated carbocycles. The Balaban J connectivity index is 3.45. The van der Waals surface area contributed by atoms with Crippen LogP contribution in [0.1, 0.15) is 90.9 Å². The maximum Gasteiger partial charge on any atom is 0.304 e. The van der Waals surface area contributed by atoms with E-state index in [1.165, 1.54) is 51.4 Å². The highest BCUT2D eigenvalue weighted by atomic mass is 16.4. The second-order valence-electron chi connectivity index (χ2n) is 5.87. The molecule has 20 heavy (non-hydrogen) atoms. The molecule has 0 radical (unpaired) electrons. The van der Waals surface area contributed by atoms with Crippen molar-refractivity contribution >= 4 is 5.97 Å². The van der Waals surface area contributed by atoms with Crippen LogP contribution in [0, 0.1) is 0 Å². The molecule has 0 aliphatic carbocycles. The summed E-state index contributed by atoms with van der Waals surface area (Å²) in [7, 11) is 0. The highest BCUT2D eigenvalue weighted by Crippen LogP contribution is 2.12. The average Bonchev–Trinajstić information content (AvgIpc) is 2.42. The molecule has 0 bridgehead atoms. The number of aliphatic carboxylic acids is 1. The van der Waals surface area contributed by atoms with Gasteiger partial charge in [-0.05, 0) is 19.4 Å². The van der Waals surface area contributed by atoms with Gasteiger partial charge < -0.3 is 10.4 Å². The quantitative estimate of drug-likeness (QED) is 0.427. The highest BCUT2D eigenvalue weighted by Gasteiger charge is 2.11. The van der Waals surface area contributed by atoms with E-state index in [4.69, 9.17) is 5.11 Å². The molecular formula is C17H35NO2. The van der Waals surface area contributed by atoms with E-state index in [1.807, 2.05) is 0 Å². The summed E-state index contributed by atoms with van der Waals surface area (Å²) >= 11 is 0. The van der Waals surface area contributed by atoms with Gasteiger partial charge in [0.25, 0.3) is 0 Å². The lowest BCUT2D eigenvalue weighted by Crippen LogP contribution is -2.32. The van der Waals surface area contributed by atoms with Crippen molar-refractivity contribution in [2.45, 2.75) is 96.9 Å². The molecular weight excluding hydrogens is 250 g/mol. The van der Waals surface area contributed by atoms with Gasteiger partial charge in [-0.3, -0.25) is 4.79 Å². The van der Waals surface area contributed by atoms with Gasteiger partial charge in [0, 0.05) is 6.04 Å². The van der Waals surface area contributed by atoms with E-state index >= 15 is 0 Å². The van der Waals surface area contributed by atoms with Crippen LogP contribution in [0.4, 0.5) is 0 Å². The van der Waals surface area contributed by atoms with Crippen molar-refractivity contribution in [1.29, 1.82) is 0 Å². The van der Waals surface area contributed by atoms with Gasteiger partial charge in [0.15, 0.2) is 0 Å². The first-order chi connectivity index (χ1) is 9.70. The molecule has 0 aromatic rings. The van der Waals surface area contributed by atoms with E-state index in [0.717, 1.165) is 25.8 Å². The van der Waals surface area contributed by atoms with Crippen LogP contribution < -0.4 is 5.32 Å². The van der Waals surface area contributed by atoms with Crippen molar-refractivity contribution in [3.8, 4) is 0 Å². The van der Waals surface area contributed by atoms with Gasteiger partial charge in [0.05, 0.1) is 6.42 Å². The number of hydrogen-bond donors (Lipinski definition) is 2. The van der Waals surface area contributed by atoms with Gasteiger partial charge in [0.1, 0.15) is 0 Å². The van der Waals surface area contributed by atoms with Gasteiger partial charge in [-0.1, -0.05) is 71.6 Å². The monoisotopic (exact) mass is 285 g/mol. The summed E-state index contributed by atoms with van der Waals surface area (Å²) in [5.74, 6) is -0.686. The molecule has 120 valence electrons. The van der Waals surface area contributed by atoms with Crippen LogP contribution in [0.15, 0.2) is 0 Å². The lowest BCUT2D eigenvalue weighted by molar-refractivity contribution is -0.137. The molecule has 3 heteroatoms. The molecule has 3 nitrogen and oxygen atoms in total. The SMILES string of the molecule is CCCCCCCCCCCC(CC(=O)O)NCCC. The molecule has 0 aliphatic heterocycles. The fourth-order valence-electron chi connectivity index (χ4n) is 2.54. The maximum absolute atomic E-state index is 10.8. The number of carboxylic acids is 1. The second-order valence-corrected chi connectivity index (χ2v) is 5.87. The van der Waals surface area contributed by atoms with Crippen molar-refractivity contribution in [2.75, 3.05) is 6.54 Å². The molecule has 0 heterocycles. The zero-order valence-electron chi connectivity index (χ0n) is 13.6. The van der Waals surface area contributed by atoms with Gasteiger partial charge in [0.2, 0.25) is 0 Å². The number of nitrogens with one attached hydrogen (secondary N) is 1. The Morgan fingerprint density at radius 2 is 1.45 bits per heavy atom. The smallest absolute Gasteiger partial charge is 0.304 e. The van der Waals surface area contributed by atoms with Gasteiger partial charge in [-0.2, -0.15) is 0 Å².